The van der Waals surface area contributed by atoms with Gasteiger partial charge in [0.1, 0.15) is 19.8 Å². The van der Waals surface area contributed by atoms with Crippen molar-refractivity contribution < 1.29 is 42.1 Å². The Morgan fingerprint density at radius 1 is 0.485 bits per heavy atom. The fourth-order valence-corrected chi connectivity index (χ4v) is 8.40. The van der Waals surface area contributed by atoms with Crippen LogP contribution in [0.1, 0.15) is 245 Å². The van der Waals surface area contributed by atoms with Crippen molar-refractivity contribution in [1.82, 2.24) is 0 Å². The summed E-state index contributed by atoms with van der Waals surface area (Å²) < 4.78 is 34.5. The molecule has 0 spiro atoms. The second kappa shape index (κ2) is 48.0. The highest BCUT2D eigenvalue weighted by Crippen LogP contribution is 2.43. The second-order valence-corrected chi connectivity index (χ2v) is 21.0. The first-order valence-electron chi connectivity index (χ1n) is 27.4. The van der Waals surface area contributed by atoms with E-state index in [9.17, 15) is 19.0 Å². The molecule has 0 aliphatic rings. The lowest BCUT2D eigenvalue weighted by Gasteiger charge is -2.24. The van der Waals surface area contributed by atoms with Gasteiger partial charge in [-0.2, -0.15) is 0 Å². The second-order valence-electron chi connectivity index (χ2n) is 19.6. The van der Waals surface area contributed by atoms with Gasteiger partial charge in [0, 0.05) is 12.8 Å². The Kier molecular flexibility index (Phi) is 46.5. The molecule has 0 fully saturated rings. The summed E-state index contributed by atoms with van der Waals surface area (Å²) in [6.07, 6.45) is 58.8. The predicted molar refractivity (Wildman–Crippen MR) is 280 cm³/mol. The van der Waals surface area contributed by atoms with Crippen molar-refractivity contribution in [3.63, 3.8) is 0 Å². The minimum absolute atomic E-state index is 0.0327. The smallest absolute Gasteiger partial charge is 0.462 e. The van der Waals surface area contributed by atoms with Crippen molar-refractivity contribution >= 4 is 19.8 Å². The molecule has 0 heterocycles. The molecule has 0 aromatic rings. The van der Waals surface area contributed by atoms with Crippen LogP contribution in [0, 0.1) is 0 Å². The molecule has 9 nitrogen and oxygen atoms in total. The molecule has 0 aliphatic carbocycles. The molecule has 0 radical (unpaired) electrons. The summed E-state index contributed by atoms with van der Waals surface area (Å²) in [5.74, 6) is -0.788. The van der Waals surface area contributed by atoms with E-state index < -0.39 is 26.5 Å². The van der Waals surface area contributed by atoms with E-state index in [2.05, 4.69) is 62.5 Å². The largest absolute Gasteiger partial charge is 0.472 e. The Balaban J connectivity index is 4.14. The van der Waals surface area contributed by atoms with Gasteiger partial charge in [-0.3, -0.25) is 18.6 Å². The molecule has 0 aromatic heterocycles. The monoisotopic (exact) mass is 951 g/mol. The van der Waals surface area contributed by atoms with E-state index in [4.69, 9.17) is 18.5 Å². The number of ether oxygens (including phenoxy) is 2. The number of unbranched alkanes of at least 4 members (excludes halogenated alkanes) is 28. The number of hydrogen-bond acceptors (Lipinski definition) is 7. The van der Waals surface area contributed by atoms with Crippen molar-refractivity contribution in [2.45, 2.75) is 251 Å². The highest BCUT2D eigenvalue weighted by molar-refractivity contribution is 7.47. The maximum absolute atomic E-state index is 12.8. The van der Waals surface area contributed by atoms with E-state index in [1.54, 1.807) is 0 Å². The lowest BCUT2D eigenvalue weighted by atomic mass is 10.0. The first kappa shape index (κ1) is 64.0. The summed E-state index contributed by atoms with van der Waals surface area (Å²) in [5.41, 5.74) is 0. The molecule has 0 rings (SSSR count). The van der Waals surface area contributed by atoms with Gasteiger partial charge in [0.15, 0.2) is 6.10 Å². The van der Waals surface area contributed by atoms with Crippen LogP contribution in [0.25, 0.3) is 0 Å². The predicted octanol–water partition coefficient (Wildman–Crippen LogP) is 16.6. The minimum atomic E-state index is -4.38. The lowest BCUT2D eigenvalue weighted by molar-refractivity contribution is -0.870. The van der Waals surface area contributed by atoms with Crippen LogP contribution < -0.4 is 0 Å². The van der Waals surface area contributed by atoms with E-state index in [0.717, 1.165) is 57.8 Å². The zero-order valence-corrected chi connectivity index (χ0v) is 44.6. The van der Waals surface area contributed by atoms with Crippen LogP contribution in [-0.4, -0.2) is 74.9 Å². The summed E-state index contributed by atoms with van der Waals surface area (Å²) in [4.78, 5) is 35.6. The van der Waals surface area contributed by atoms with Gasteiger partial charge in [0.05, 0.1) is 27.7 Å². The fraction of sp³-hybridized carbons (Fsp3) is 0.821. The standard InChI is InChI=1S/C56H104NO8P/c1-6-8-10-12-14-16-18-20-22-23-24-25-26-27-28-29-30-31-32-33-35-37-39-41-43-45-47-49-56(59)65-54(53-64-66(60,61)63-51-50-57(3,4)5)52-62-55(58)48-46-44-42-40-38-36-34-21-19-17-15-13-11-9-7-2/h8,10,14,16,20,22,24-25,54H,6-7,9,11-13,15,17-19,21,23,26-53H2,1-5H3/p+1/b10-8-,16-14-,22-20-,25-24-. The molecule has 1 N–H and O–H groups in total. The Labute approximate surface area is 407 Å². The average molecular weight is 951 g/mol. The summed E-state index contributed by atoms with van der Waals surface area (Å²) >= 11 is 0. The van der Waals surface area contributed by atoms with E-state index in [1.807, 2.05) is 21.1 Å². The van der Waals surface area contributed by atoms with Crippen LogP contribution in [0.2, 0.25) is 0 Å². The molecule has 2 unspecified atom stereocenters. The molecular weight excluding hydrogens is 846 g/mol. The van der Waals surface area contributed by atoms with Gasteiger partial charge in [-0.15, -0.1) is 0 Å². The number of phosphoric ester groups is 1. The zero-order valence-electron chi connectivity index (χ0n) is 43.7. The van der Waals surface area contributed by atoms with Gasteiger partial charge in [0.2, 0.25) is 0 Å². The number of phosphoric acid groups is 1. The summed E-state index contributed by atoms with van der Waals surface area (Å²) in [7, 11) is 1.48. The first-order chi connectivity index (χ1) is 32.0. The number of likely N-dealkylation sites (N-methyl/N-ethyl adjacent to an activating group) is 1. The number of allylic oxidation sites excluding steroid dienone is 8. The number of rotatable bonds is 50. The van der Waals surface area contributed by atoms with Crippen LogP contribution in [0.3, 0.4) is 0 Å². The van der Waals surface area contributed by atoms with Gasteiger partial charge >= 0.3 is 19.8 Å². The molecular formula is C56H105NO8P+. The third kappa shape index (κ3) is 51.4. The van der Waals surface area contributed by atoms with Gasteiger partial charge in [-0.1, -0.05) is 229 Å². The van der Waals surface area contributed by atoms with Crippen LogP contribution in [0.15, 0.2) is 48.6 Å². The Morgan fingerprint density at radius 2 is 0.864 bits per heavy atom. The highest BCUT2D eigenvalue weighted by Gasteiger charge is 2.27. The van der Waals surface area contributed by atoms with E-state index in [0.29, 0.717) is 23.9 Å². The van der Waals surface area contributed by atoms with Gasteiger partial charge in [-0.25, -0.2) is 4.57 Å². The van der Waals surface area contributed by atoms with E-state index in [1.165, 1.54) is 154 Å². The Bertz CT molecular complexity index is 1260. The van der Waals surface area contributed by atoms with Crippen LogP contribution in [-0.2, 0) is 32.7 Å². The van der Waals surface area contributed by atoms with Crippen molar-refractivity contribution in [2.24, 2.45) is 0 Å². The maximum Gasteiger partial charge on any atom is 0.472 e. The molecule has 0 bridgehead atoms. The summed E-state index contributed by atoms with van der Waals surface area (Å²) in [6.45, 7) is 4.35. The zero-order chi connectivity index (χ0) is 48.5. The van der Waals surface area contributed by atoms with E-state index in [-0.39, 0.29) is 25.6 Å². The Hall–Kier alpha value is -2.03. The summed E-state index contributed by atoms with van der Waals surface area (Å²) in [5, 5.41) is 0. The number of carbonyl (C=O) groups excluding carboxylic acids is 2. The number of hydrogen-bond donors (Lipinski definition) is 1. The van der Waals surface area contributed by atoms with Crippen molar-refractivity contribution in [3.05, 3.63) is 48.6 Å². The maximum atomic E-state index is 12.8. The fourth-order valence-electron chi connectivity index (χ4n) is 7.65. The van der Waals surface area contributed by atoms with Gasteiger partial charge in [-0.05, 0) is 51.4 Å². The van der Waals surface area contributed by atoms with Crippen molar-refractivity contribution in [3.8, 4) is 0 Å². The molecule has 10 heteroatoms. The third-order valence-corrected chi connectivity index (χ3v) is 12.9. The average Bonchev–Trinajstić information content (AvgIpc) is 3.27. The number of esters is 2. The molecule has 66 heavy (non-hydrogen) atoms. The van der Waals surface area contributed by atoms with Crippen LogP contribution in [0.4, 0.5) is 0 Å². The Morgan fingerprint density at radius 3 is 1.29 bits per heavy atom. The number of nitrogens with zero attached hydrogens (tertiary/aromatic N) is 1. The molecule has 0 saturated carbocycles. The van der Waals surface area contributed by atoms with E-state index >= 15 is 0 Å². The van der Waals surface area contributed by atoms with Gasteiger partial charge in [0.25, 0.3) is 0 Å². The quantitative estimate of drug-likeness (QED) is 0.0211. The highest BCUT2D eigenvalue weighted by atomic mass is 31.2. The minimum Gasteiger partial charge on any atom is -0.462 e. The molecule has 0 aliphatic heterocycles. The number of carbonyl (C=O) groups is 2. The SMILES string of the molecule is CC/C=C\C/C=C\C/C=C\C/C=C\CCCCCCCCCCCCCCCCC(=O)OC(COC(=O)CCCCCCCCCCCCCCCCC)COP(=O)(O)OCC[N+](C)(C)C. The van der Waals surface area contributed by atoms with Crippen LogP contribution >= 0.6 is 7.82 Å². The lowest BCUT2D eigenvalue weighted by Crippen LogP contribution is -2.37. The number of quaternary nitrogens is 1. The molecule has 0 aromatic carbocycles. The van der Waals surface area contributed by atoms with Crippen LogP contribution in [0.5, 0.6) is 0 Å². The first-order valence-corrected chi connectivity index (χ1v) is 28.9. The topological polar surface area (TPSA) is 108 Å². The summed E-state index contributed by atoms with van der Waals surface area (Å²) in [6, 6.07) is 0. The van der Waals surface area contributed by atoms with Crippen molar-refractivity contribution in [1.29, 1.82) is 0 Å². The third-order valence-electron chi connectivity index (χ3n) is 11.9. The normalized spacial score (nSPS) is 13.7. The molecule has 2 atom stereocenters. The molecule has 0 amide bonds. The van der Waals surface area contributed by atoms with Crippen molar-refractivity contribution in [2.75, 3.05) is 47.5 Å². The molecule has 0 saturated heterocycles. The molecule has 386 valence electrons. The van der Waals surface area contributed by atoms with Gasteiger partial charge < -0.3 is 18.9 Å².